The number of benzene rings is 1. The van der Waals surface area contributed by atoms with Gasteiger partial charge in [-0.1, -0.05) is 25.9 Å². The van der Waals surface area contributed by atoms with Crippen molar-refractivity contribution >= 4 is 5.96 Å². The van der Waals surface area contributed by atoms with Crippen LogP contribution in [0.1, 0.15) is 50.4 Å². The molecule has 29 heavy (non-hydrogen) atoms. The normalized spacial score (nSPS) is 17.5. The molecule has 1 saturated heterocycles. The molecule has 0 aliphatic carbocycles. The van der Waals surface area contributed by atoms with E-state index in [0.29, 0.717) is 24.2 Å². The maximum absolute atomic E-state index is 5.41. The quantitative estimate of drug-likeness (QED) is 0.609. The summed E-state index contributed by atoms with van der Waals surface area (Å²) < 4.78 is 16.2. The first kappa shape index (κ1) is 21.0. The Morgan fingerprint density at radius 1 is 1.24 bits per heavy atom. The van der Waals surface area contributed by atoms with E-state index in [-0.39, 0.29) is 5.41 Å². The first-order chi connectivity index (χ1) is 13.8. The fraction of sp³-hybridized carbons (Fsp3) is 0.571. The van der Waals surface area contributed by atoms with Crippen molar-refractivity contribution in [3.63, 3.8) is 0 Å². The monoisotopic (exact) mass is 401 g/mol. The van der Waals surface area contributed by atoms with Crippen LogP contribution in [0.25, 0.3) is 0 Å². The molecule has 1 unspecified atom stereocenters. The van der Waals surface area contributed by atoms with Gasteiger partial charge in [-0.15, -0.1) is 0 Å². The van der Waals surface area contributed by atoms with Crippen LogP contribution in [0.5, 0.6) is 11.5 Å². The fourth-order valence-electron chi connectivity index (χ4n) is 3.41. The highest BCUT2D eigenvalue weighted by Gasteiger charge is 2.27. The second-order valence-electron chi connectivity index (χ2n) is 8.24. The lowest BCUT2D eigenvalue weighted by Gasteiger charge is -2.21. The molecular weight excluding hydrogens is 370 g/mol. The number of methoxy groups -OCH3 is 2. The number of rotatable bonds is 5. The van der Waals surface area contributed by atoms with Crippen molar-refractivity contribution in [3.8, 4) is 11.5 Å². The molecule has 8 heteroatoms. The molecule has 3 rings (SSSR count). The van der Waals surface area contributed by atoms with Gasteiger partial charge in [0.05, 0.1) is 20.8 Å². The van der Waals surface area contributed by atoms with Gasteiger partial charge >= 0.3 is 0 Å². The van der Waals surface area contributed by atoms with Crippen LogP contribution >= 0.6 is 0 Å². The van der Waals surface area contributed by atoms with Crippen LogP contribution < -0.4 is 14.8 Å². The fourth-order valence-corrected chi connectivity index (χ4v) is 3.41. The summed E-state index contributed by atoms with van der Waals surface area (Å²) in [7, 11) is 5.14. The summed E-state index contributed by atoms with van der Waals surface area (Å²) in [6, 6.07) is 6.06. The number of nitrogens with zero attached hydrogens (tertiary/aromatic N) is 4. The molecule has 0 saturated carbocycles. The van der Waals surface area contributed by atoms with Crippen LogP contribution in [-0.4, -0.2) is 55.4 Å². The van der Waals surface area contributed by atoms with Gasteiger partial charge in [-0.2, -0.15) is 4.98 Å². The summed E-state index contributed by atoms with van der Waals surface area (Å²) in [5.41, 5.74) is 1.06. The summed E-state index contributed by atoms with van der Waals surface area (Å²) in [6.45, 7) is 8.41. The standard InChI is InChI=1S/C21H31N5O3/c1-21(2,3)19-24-18(25-29-19)12-23-20(22-4)26-8-7-14(13-26)15-9-16(27-5)11-17(10-15)28-6/h9-11,14H,7-8,12-13H2,1-6H3,(H,22,23). The van der Waals surface area contributed by atoms with Crippen molar-refractivity contribution in [1.82, 2.24) is 20.4 Å². The van der Waals surface area contributed by atoms with E-state index in [0.717, 1.165) is 37.0 Å². The third-order valence-electron chi connectivity index (χ3n) is 5.06. The molecule has 0 amide bonds. The minimum Gasteiger partial charge on any atom is -0.497 e. The van der Waals surface area contributed by atoms with Crippen LogP contribution in [-0.2, 0) is 12.0 Å². The Morgan fingerprint density at radius 2 is 1.93 bits per heavy atom. The molecule has 158 valence electrons. The van der Waals surface area contributed by atoms with Gasteiger partial charge in [-0.3, -0.25) is 4.99 Å². The molecule has 1 fully saturated rings. The maximum atomic E-state index is 5.41. The van der Waals surface area contributed by atoms with E-state index < -0.39 is 0 Å². The Balaban J connectivity index is 1.63. The van der Waals surface area contributed by atoms with Crippen LogP contribution in [0.4, 0.5) is 0 Å². The van der Waals surface area contributed by atoms with Crippen molar-refractivity contribution < 1.29 is 14.0 Å². The van der Waals surface area contributed by atoms with E-state index in [4.69, 9.17) is 14.0 Å². The lowest BCUT2D eigenvalue weighted by atomic mass is 9.97. The van der Waals surface area contributed by atoms with Crippen molar-refractivity contribution in [2.75, 3.05) is 34.4 Å². The lowest BCUT2D eigenvalue weighted by Crippen LogP contribution is -2.39. The maximum Gasteiger partial charge on any atom is 0.232 e. The Bertz CT molecular complexity index is 834. The number of nitrogens with one attached hydrogen (secondary N) is 1. The Kier molecular flexibility index (Phi) is 6.30. The minimum absolute atomic E-state index is 0.160. The number of likely N-dealkylation sites (tertiary alicyclic amines) is 1. The van der Waals surface area contributed by atoms with Gasteiger partial charge in [0, 0.05) is 37.5 Å². The number of guanidine groups is 1. The molecule has 2 heterocycles. The number of aliphatic imine (C=N–C) groups is 1. The van der Waals surface area contributed by atoms with Crippen molar-refractivity contribution in [2.45, 2.75) is 45.1 Å². The molecule has 1 aromatic carbocycles. The minimum atomic E-state index is -0.160. The third-order valence-corrected chi connectivity index (χ3v) is 5.06. The highest BCUT2D eigenvalue weighted by molar-refractivity contribution is 5.80. The molecule has 1 aliphatic rings. The smallest absolute Gasteiger partial charge is 0.232 e. The van der Waals surface area contributed by atoms with Gasteiger partial charge in [-0.25, -0.2) is 0 Å². The average Bonchev–Trinajstić information content (AvgIpc) is 3.38. The molecule has 0 spiro atoms. The van der Waals surface area contributed by atoms with E-state index in [1.165, 1.54) is 5.56 Å². The molecule has 1 aliphatic heterocycles. The molecule has 1 atom stereocenters. The number of aromatic nitrogens is 2. The van der Waals surface area contributed by atoms with Crippen molar-refractivity contribution in [2.24, 2.45) is 4.99 Å². The number of hydrogen-bond donors (Lipinski definition) is 1. The molecule has 0 bridgehead atoms. The molecule has 2 aromatic rings. The molecule has 8 nitrogen and oxygen atoms in total. The second-order valence-corrected chi connectivity index (χ2v) is 8.24. The predicted molar refractivity (Wildman–Crippen MR) is 112 cm³/mol. The summed E-state index contributed by atoms with van der Waals surface area (Å²) in [4.78, 5) is 11.2. The van der Waals surface area contributed by atoms with Crippen LogP contribution in [0.3, 0.4) is 0 Å². The summed E-state index contributed by atoms with van der Waals surface area (Å²) in [6.07, 6.45) is 1.04. The largest absolute Gasteiger partial charge is 0.497 e. The summed E-state index contributed by atoms with van der Waals surface area (Å²) in [5.74, 6) is 4.11. The molecular formula is C21H31N5O3. The van der Waals surface area contributed by atoms with Crippen LogP contribution in [0, 0.1) is 0 Å². The third kappa shape index (κ3) is 4.99. The van der Waals surface area contributed by atoms with Crippen LogP contribution in [0.2, 0.25) is 0 Å². The SMILES string of the molecule is CN=C(NCc1noc(C(C)(C)C)n1)N1CCC(c2cc(OC)cc(OC)c2)C1. The van der Waals surface area contributed by atoms with E-state index in [2.05, 4.69) is 58.3 Å². The Morgan fingerprint density at radius 3 is 2.48 bits per heavy atom. The Labute approximate surface area is 172 Å². The first-order valence-corrected chi connectivity index (χ1v) is 9.85. The van der Waals surface area contributed by atoms with E-state index in [9.17, 15) is 0 Å². The van der Waals surface area contributed by atoms with Gasteiger partial charge in [0.15, 0.2) is 11.8 Å². The zero-order valence-corrected chi connectivity index (χ0v) is 18.2. The average molecular weight is 402 g/mol. The van der Waals surface area contributed by atoms with E-state index in [1.807, 2.05) is 6.07 Å². The highest BCUT2D eigenvalue weighted by Crippen LogP contribution is 2.33. The van der Waals surface area contributed by atoms with Crippen LogP contribution in [0.15, 0.2) is 27.7 Å². The Hall–Kier alpha value is -2.77. The number of hydrogen-bond acceptors (Lipinski definition) is 6. The van der Waals surface area contributed by atoms with Gasteiger partial charge in [0.25, 0.3) is 0 Å². The van der Waals surface area contributed by atoms with Gasteiger partial charge < -0.3 is 24.2 Å². The molecule has 1 aromatic heterocycles. The van der Waals surface area contributed by atoms with Gasteiger partial charge in [0.1, 0.15) is 11.5 Å². The lowest BCUT2D eigenvalue weighted by molar-refractivity contribution is 0.318. The van der Waals surface area contributed by atoms with E-state index >= 15 is 0 Å². The summed E-state index contributed by atoms with van der Waals surface area (Å²) >= 11 is 0. The van der Waals surface area contributed by atoms with Gasteiger partial charge in [-0.05, 0) is 24.1 Å². The van der Waals surface area contributed by atoms with Crippen molar-refractivity contribution in [1.29, 1.82) is 0 Å². The zero-order chi connectivity index (χ0) is 21.0. The molecule has 0 radical (unpaired) electrons. The second kappa shape index (κ2) is 8.71. The van der Waals surface area contributed by atoms with E-state index in [1.54, 1.807) is 21.3 Å². The topological polar surface area (TPSA) is 85.0 Å². The number of ether oxygens (including phenoxy) is 2. The zero-order valence-electron chi connectivity index (χ0n) is 18.2. The van der Waals surface area contributed by atoms with Gasteiger partial charge in [0.2, 0.25) is 5.89 Å². The first-order valence-electron chi connectivity index (χ1n) is 9.85. The summed E-state index contributed by atoms with van der Waals surface area (Å²) in [5, 5.41) is 7.42. The highest BCUT2D eigenvalue weighted by atomic mass is 16.5. The predicted octanol–water partition coefficient (Wildman–Crippen LogP) is 2.95. The van der Waals surface area contributed by atoms with Crippen molar-refractivity contribution in [3.05, 3.63) is 35.5 Å². The molecule has 1 N–H and O–H groups in total.